The Hall–Kier alpha value is -2.04. The van der Waals surface area contributed by atoms with E-state index in [4.69, 9.17) is 0 Å². The topological polar surface area (TPSA) is 45.7 Å². The standard InChI is InChI=1S/C18H19F4N3O.HI/c1-23-17(24-10-13-2-6-15(19)7-3-13)25-11-14-4-8-16(9-5-14)26-12-18(20,21)22;/h2-9H,10-12H2,1H3,(H2,23,24,25);1H. The summed E-state index contributed by atoms with van der Waals surface area (Å²) in [6.07, 6.45) is -4.36. The number of nitrogens with one attached hydrogen (secondary N) is 2. The molecule has 0 heterocycles. The zero-order valence-corrected chi connectivity index (χ0v) is 16.8. The van der Waals surface area contributed by atoms with Gasteiger partial charge in [0.2, 0.25) is 0 Å². The molecule has 0 spiro atoms. The molecule has 4 nitrogen and oxygen atoms in total. The molecule has 0 unspecified atom stereocenters. The molecule has 0 bridgehead atoms. The lowest BCUT2D eigenvalue weighted by Crippen LogP contribution is -2.36. The minimum absolute atomic E-state index is 0. The molecule has 2 N–H and O–H groups in total. The first-order valence-corrected chi connectivity index (χ1v) is 7.83. The number of hydrogen-bond acceptors (Lipinski definition) is 2. The zero-order valence-electron chi connectivity index (χ0n) is 14.5. The number of ether oxygens (including phenoxy) is 1. The SMILES string of the molecule is CN=C(NCc1ccc(F)cc1)NCc1ccc(OCC(F)(F)F)cc1.I. The van der Waals surface area contributed by atoms with Gasteiger partial charge in [-0.25, -0.2) is 4.39 Å². The number of nitrogens with zero attached hydrogens (tertiary/aromatic N) is 1. The van der Waals surface area contributed by atoms with Crippen molar-refractivity contribution in [1.29, 1.82) is 0 Å². The van der Waals surface area contributed by atoms with Gasteiger partial charge in [0.1, 0.15) is 11.6 Å². The van der Waals surface area contributed by atoms with Crippen LogP contribution < -0.4 is 15.4 Å². The quantitative estimate of drug-likeness (QED) is 0.272. The fourth-order valence-corrected chi connectivity index (χ4v) is 2.06. The fraction of sp³-hybridized carbons (Fsp3) is 0.278. The molecule has 9 heteroatoms. The van der Waals surface area contributed by atoms with Gasteiger partial charge in [-0.2, -0.15) is 13.2 Å². The smallest absolute Gasteiger partial charge is 0.422 e. The van der Waals surface area contributed by atoms with Crippen LogP contribution in [0, 0.1) is 5.82 Å². The minimum atomic E-state index is -4.36. The molecule has 0 radical (unpaired) electrons. The molecule has 0 aliphatic rings. The molecule has 0 amide bonds. The largest absolute Gasteiger partial charge is 0.484 e. The second-order valence-corrected chi connectivity index (χ2v) is 5.45. The molecule has 0 atom stereocenters. The van der Waals surface area contributed by atoms with Gasteiger partial charge in [-0.15, -0.1) is 24.0 Å². The summed E-state index contributed by atoms with van der Waals surface area (Å²) in [7, 11) is 1.62. The number of rotatable bonds is 6. The average Bonchev–Trinajstić information content (AvgIpc) is 2.62. The molecule has 27 heavy (non-hydrogen) atoms. The Balaban J connectivity index is 0.00000364. The molecule has 0 fully saturated rings. The Morgan fingerprint density at radius 1 is 0.926 bits per heavy atom. The van der Waals surface area contributed by atoms with Crippen molar-refractivity contribution in [2.45, 2.75) is 19.3 Å². The molecule has 2 aromatic rings. The molecular formula is C18H20F4IN3O. The highest BCUT2D eigenvalue weighted by Gasteiger charge is 2.28. The van der Waals surface area contributed by atoms with Crippen LogP contribution in [0.25, 0.3) is 0 Å². The third-order valence-corrected chi connectivity index (χ3v) is 3.38. The fourth-order valence-electron chi connectivity index (χ4n) is 2.06. The van der Waals surface area contributed by atoms with Crippen LogP contribution in [-0.4, -0.2) is 25.8 Å². The van der Waals surface area contributed by atoms with E-state index in [0.717, 1.165) is 11.1 Å². The van der Waals surface area contributed by atoms with Gasteiger partial charge < -0.3 is 15.4 Å². The number of halogens is 5. The van der Waals surface area contributed by atoms with Crippen LogP contribution in [0.5, 0.6) is 5.75 Å². The molecule has 2 rings (SSSR count). The maximum Gasteiger partial charge on any atom is 0.422 e. The van der Waals surface area contributed by atoms with Crippen molar-refractivity contribution in [3.8, 4) is 5.75 Å². The average molecular weight is 497 g/mol. The van der Waals surface area contributed by atoms with Crippen molar-refractivity contribution in [2.75, 3.05) is 13.7 Å². The summed E-state index contributed by atoms with van der Waals surface area (Å²) in [5.74, 6) is 0.413. The van der Waals surface area contributed by atoms with Gasteiger partial charge in [0.15, 0.2) is 12.6 Å². The molecule has 2 aromatic carbocycles. The highest BCUT2D eigenvalue weighted by Crippen LogP contribution is 2.18. The number of aliphatic imine (C=N–C) groups is 1. The van der Waals surface area contributed by atoms with Crippen LogP contribution in [0.2, 0.25) is 0 Å². The molecule has 0 aliphatic carbocycles. The van der Waals surface area contributed by atoms with Gasteiger partial charge >= 0.3 is 6.18 Å². The van der Waals surface area contributed by atoms with E-state index in [1.807, 2.05) is 0 Å². The lowest BCUT2D eigenvalue weighted by molar-refractivity contribution is -0.153. The predicted octanol–water partition coefficient (Wildman–Crippen LogP) is 4.25. The number of guanidine groups is 1. The van der Waals surface area contributed by atoms with E-state index >= 15 is 0 Å². The van der Waals surface area contributed by atoms with Crippen LogP contribution in [0.1, 0.15) is 11.1 Å². The van der Waals surface area contributed by atoms with Gasteiger partial charge in [0, 0.05) is 20.1 Å². The second kappa shape index (κ2) is 11.0. The van der Waals surface area contributed by atoms with Crippen LogP contribution in [-0.2, 0) is 13.1 Å². The van der Waals surface area contributed by atoms with Crippen molar-refractivity contribution < 1.29 is 22.3 Å². The highest BCUT2D eigenvalue weighted by atomic mass is 127. The van der Waals surface area contributed by atoms with Crippen molar-refractivity contribution >= 4 is 29.9 Å². The third-order valence-electron chi connectivity index (χ3n) is 3.38. The summed E-state index contributed by atoms with van der Waals surface area (Å²) < 4.78 is 53.9. The van der Waals surface area contributed by atoms with Crippen LogP contribution in [0.4, 0.5) is 17.6 Å². The first-order valence-electron chi connectivity index (χ1n) is 7.83. The predicted molar refractivity (Wildman–Crippen MR) is 107 cm³/mol. The monoisotopic (exact) mass is 497 g/mol. The first-order chi connectivity index (χ1) is 12.4. The van der Waals surface area contributed by atoms with Gasteiger partial charge in [0.25, 0.3) is 0 Å². The van der Waals surface area contributed by atoms with Crippen molar-refractivity contribution in [1.82, 2.24) is 10.6 Å². The minimum Gasteiger partial charge on any atom is -0.484 e. The summed E-state index contributed by atoms with van der Waals surface area (Å²) >= 11 is 0. The van der Waals surface area contributed by atoms with Crippen molar-refractivity contribution in [3.63, 3.8) is 0 Å². The molecule has 0 aromatic heterocycles. The Morgan fingerprint density at radius 3 is 1.85 bits per heavy atom. The van der Waals surface area contributed by atoms with Crippen molar-refractivity contribution in [2.24, 2.45) is 4.99 Å². The second-order valence-electron chi connectivity index (χ2n) is 5.45. The molecule has 0 saturated carbocycles. The Bertz CT molecular complexity index is 719. The number of hydrogen-bond donors (Lipinski definition) is 2. The van der Waals surface area contributed by atoms with Gasteiger partial charge in [0.05, 0.1) is 0 Å². The Morgan fingerprint density at radius 2 is 1.41 bits per heavy atom. The van der Waals surface area contributed by atoms with E-state index in [2.05, 4.69) is 20.4 Å². The first kappa shape index (κ1) is 23.0. The lowest BCUT2D eigenvalue weighted by atomic mass is 10.2. The van der Waals surface area contributed by atoms with Gasteiger partial charge in [-0.05, 0) is 35.4 Å². The molecule has 0 saturated heterocycles. The maximum atomic E-state index is 12.9. The van der Waals surface area contributed by atoms with Crippen LogP contribution in [0.15, 0.2) is 53.5 Å². The number of benzene rings is 2. The molecule has 148 valence electrons. The third kappa shape index (κ3) is 8.94. The van der Waals surface area contributed by atoms with E-state index in [1.165, 1.54) is 24.3 Å². The molecular weight excluding hydrogens is 477 g/mol. The normalized spacial score (nSPS) is 11.5. The van der Waals surface area contributed by atoms with Crippen LogP contribution in [0.3, 0.4) is 0 Å². The summed E-state index contributed by atoms with van der Waals surface area (Å²) in [5, 5.41) is 6.18. The van der Waals surface area contributed by atoms with Gasteiger partial charge in [-0.1, -0.05) is 24.3 Å². The molecule has 0 aliphatic heterocycles. The lowest BCUT2D eigenvalue weighted by Gasteiger charge is -2.13. The van der Waals surface area contributed by atoms with E-state index in [0.29, 0.717) is 19.0 Å². The van der Waals surface area contributed by atoms with Crippen molar-refractivity contribution in [3.05, 3.63) is 65.5 Å². The van der Waals surface area contributed by atoms with E-state index in [1.54, 1.807) is 31.3 Å². The van der Waals surface area contributed by atoms with E-state index < -0.39 is 12.8 Å². The summed E-state index contributed by atoms with van der Waals surface area (Å²) in [6.45, 7) is -0.405. The Kier molecular flexibility index (Phi) is 9.33. The maximum absolute atomic E-state index is 12.9. The summed E-state index contributed by atoms with van der Waals surface area (Å²) in [4.78, 5) is 4.08. The Labute approximate surface area is 172 Å². The highest BCUT2D eigenvalue weighted by molar-refractivity contribution is 14.0. The van der Waals surface area contributed by atoms with Gasteiger partial charge in [-0.3, -0.25) is 4.99 Å². The summed E-state index contributed by atoms with van der Waals surface area (Å²) in [6, 6.07) is 12.4. The van der Waals surface area contributed by atoms with Crippen LogP contribution >= 0.6 is 24.0 Å². The summed E-state index contributed by atoms with van der Waals surface area (Å²) in [5.41, 5.74) is 1.76. The van der Waals surface area contributed by atoms with E-state index in [-0.39, 0.29) is 35.5 Å². The van der Waals surface area contributed by atoms with E-state index in [9.17, 15) is 17.6 Å². The zero-order chi connectivity index (χ0) is 19.0. The number of alkyl halides is 3.